The number of fused-ring (bicyclic) bond motifs is 1. The number of para-hydroxylation sites is 1. The van der Waals surface area contributed by atoms with Gasteiger partial charge in [0.15, 0.2) is 5.78 Å². The summed E-state index contributed by atoms with van der Waals surface area (Å²) in [4.78, 5) is 153. The maximum Gasteiger partial charge on any atom is 0.303 e. The SMILES string of the molecule is CC(=O)[C@H](Cc1c[nH]c2ccccc12)N[C@@H](CCC(=O)O)C(=O)C(=O)[C@H](Cc1ccc(O)cc1)NN.CC(C)=O.CC[C@@H](CC(C)C)C(=O)N[C@@](C)(CCC/C=C/CCCCCC[C@@](C)(N[C@@H](CC(C)C)C(=O)C(=O)[C@@H](NC(=O)[C@H](Cc1ccccc1)NN)[C@@H](C)O)C(C)=O)C(C)=O.CN(C)CC(N)=O. The van der Waals surface area contributed by atoms with Gasteiger partial charge in [-0.3, -0.25) is 75.1 Å². The number of phenols is 1. The number of aliphatic hydroxyl groups is 1. The number of unbranched alkanes of at least 4 members (excludes halogenated alkanes) is 5. The zero-order valence-electron chi connectivity index (χ0n) is 64.7. The monoisotopic (exact) mass is 1470 g/mol. The number of nitrogens with zero attached hydrogens (tertiary/aromatic N) is 1. The lowest BCUT2D eigenvalue weighted by Crippen LogP contribution is -2.61. The molecule has 0 spiro atoms. The summed E-state index contributed by atoms with van der Waals surface area (Å²) >= 11 is 0. The van der Waals surface area contributed by atoms with E-state index < -0.39 is 88.4 Å². The molecular weight excluding hydrogens is 1340 g/mol. The first-order valence-corrected chi connectivity index (χ1v) is 36.3. The number of aromatic amines is 1. The number of likely N-dealkylation sites (N-methyl/N-ethyl adjacent to an activating group) is 1. The van der Waals surface area contributed by atoms with Gasteiger partial charge in [0.2, 0.25) is 40.9 Å². The van der Waals surface area contributed by atoms with Crippen molar-refractivity contribution in [1.82, 2.24) is 42.0 Å². The number of rotatable bonds is 47. The van der Waals surface area contributed by atoms with Crippen molar-refractivity contribution in [3.63, 3.8) is 0 Å². The van der Waals surface area contributed by atoms with Crippen LogP contribution in [0, 0.1) is 17.8 Å². The van der Waals surface area contributed by atoms with Crippen LogP contribution in [0.5, 0.6) is 5.75 Å². The molecule has 0 bridgehead atoms. The average molecular weight is 1470 g/mol. The maximum absolute atomic E-state index is 13.8. The van der Waals surface area contributed by atoms with Gasteiger partial charge in [-0.1, -0.05) is 127 Å². The highest BCUT2D eigenvalue weighted by atomic mass is 16.4. The molecule has 16 N–H and O–H groups in total. The number of allylic oxidation sites excluding steroid dienone is 2. The van der Waals surface area contributed by atoms with Crippen LogP contribution in [0.2, 0.25) is 0 Å². The minimum absolute atomic E-state index is 0.00225. The zero-order chi connectivity index (χ0) is 79.7. The molecule has 584 valence electrons. The highest BCUT2D eigenvalue weighted by molar-refractivity contribution is 6.42. The number of carbonyl (C=O) groups excluding carboxylic acids is 11. The van der Waals surface area contributed by atoms with Crippen LogP contribution in [-0.2, 0) is 76.8 Å². The summed E-state index contributed by atoms with van der Waals surface area (Å²) in [5, 5.41) is 41.9. The van der Waals surface area contributed by atoms with Crippen LogP contribution in [-0.4, -0.2) is 169 Å². The second-order valence-corrected chi connectivity index (χ2v) is 28.8. The second-order valence-electron chi connectivity index (χ2n) is 28.8. The summed E-state index contributed by atoms with van der Waals surface area (Å²) in [7, 11) is 3.59. The number of nitrogens with one attached hydrogen (secondary N) is 7. The van der Waals surface area contributed by atoms with Crippen LogP contribution in [0.4, 0.5) is 0 Å². The first-order valence-electron chi connectivity index (χ1n) is 36.3. The Morgan fingerprint density at radius 1 is 0.600 bits per heavy atom. The summed E-state index contributed by atoms with van der Waals surface area (Å²) in [6.45, 7) is 22.8. The zero-order valence-corrected chi connectivity index (χ0v) is 64.7. The van der Waals surface area contributed by atoms with E-state index in [-0.39, 0.29) is 91.1 Å². The number of hydrogen-bond donors (Lipinski definition) is 13. The number of H-pyrrole nitrogens is 1. The van der Waals surface area contributed by atoms with Crippen LogP contribution in [0.1, 0.15) is 197 Å². The Morgan fingerprint density at radius 3 is 1.62 bits per heavy atom. The van der Waals surface area contributed by atoms with Crippen LogP contribution < -0.4 is 49.5 Å². The molecule has 1 aromatic heterocycles. The van der Waals surface area contributed by atoms with Gasteiger partial charge < -0.3 is 46.4 Å². The predicted octanol–water partition coefficient (Wildman–Crippen LogP) is 7.06. The number of aliphatic carboxylic acids is 1. The number of carboxylic acids is 1. The molecular formula is C79H123N11O15. The molecule has 0 aliphatic heterocycles. The lowest BCUT2D eigenvalue weighted by molar-refractivity contribution is -0.142. The molecule has 0 aliphatic carbocycles. The highest BCUT2D eigenvalue weighted by Gasteiger charge is 2.41. The second kappa shape index (κ2) is 49.4. The molecule has 0 radical (unpaired) electrons. The van der Waals surface area contributed by atoms with Crippen molar-refractivity contribution in [2.24, 2.45) is 35.2 Å². The quantitative estimate of drug-likeness (QED) is 0.00692. The van der Waals surface area contributed by atoms with E-state index in [9.17, 15) is 72.9 Å². The number of aromatic hydroxyl groups is 1. The van der Waals surface area contributed by atoms with Gasteiger partial charge in [-0.05, 0) is 200 Å². The van der Waals surface area contributed by atoms with E-state index in [0.717, 1.165) is 79.8 Å². The number of ketones is 8. The number of Topliss-reactive ketones (excluding diaryl/α,β-unsaturated/α-hetero) is 8. The molecule has 4 rings (SSSR count). The molecule has 3 aromatic carbocycles. The number of phenolic OH excluding ortho intramolecular Hbond substituents is 1. The number of carbonyl (C=O) groups is 12. The summed E-state index contributed by atoms with van der Waals surface area (Å²) < 4.78 is 0. The lowest BCUT2D eigenvalue weighted by atomic mass is 9.86. The standard InChI is InChI=1S/C46H77N5O7.C26H30N4O6.C4H10N2O.C3H6O/c1-11-37(28-31(2)3)43(57)50-46(10,35(8)54)27-23-18-16-14-12-13-15-17-22-26-45(9,34(7)53)49-38(29-32(4)5)41(55)42(56)40(33(6)52)48-44(58)39(51-47)30-36-24-20-19-21-25-36;1-15(31)22(13-17-14-28-20-5-3-2-4-19(17)20)29-21(10-11-24(33)34)25(35)26(36)23(30-27)12-16-6-8-18(32)9-7-16;1-6(2)3-4(5)7;1-3(2)4/h14,16,19-21,24-25,31-33,37-40,49,51-52H,11-13,15,17-18,22-23,26-30,47H2,1-10H3,(H,48,58)(H,50,57);2-9,14,21-23,28-30,32H,10-13,27H2,1H3,(H,33,34);3H2,1-2H3,(H2,5,7);1-2H3/b16-14+;;;/t33-,37+,38+,39+,40+,45-,46+;21-,22-,23-;;/m10../s1. The van der Waals surface area contributed by atoms with Crippen molar-refractivity contribution in [2.45, 2.75) is 253 Å². The van der Waals surface area contributed by atoms with E-state index in [0.29, 0.717) is 30.9 Å². The van der Waals surface area contributed by atoms with E-state index in [1.165, 1.54) is 46.8 Å². The van der Waals surface area contributed by atoms with E-state index in [1.807, 2.05) is 82.3 Å². The van der Waals surface area contributed by atoms with Gasteiger partial charge in [0.25, 0.3) is 0 Å². The summed E-state index contributed by atoms with van der Waals surface area (Å²) in [5.41, 5.74) is 10.9. The number of carboxylic acid groups (broad SMARTS) is 1. The van der Waals surface area contributed by atoms with Gasteiger partial charge in [0, 0.05) is 29.4 Å². The molecule has 0 saturated carbocycles. The van der Waals surface area contributed by atoms with Crippen LogP contribution in [0.15, 0.2) is 97.2 Å². The third kappa shape index (κ3) is 37.0. The molecule has 0 aliphatic rings. The Kier molecular flexibility index (Phi) is 44.6. The van der Waals surface area contributed by atoms with Gasteiger partial charge >= 0.3 is 5.97 Å². The Morgan fingerprint density at radius 2 is 1.11 bits per heavy atom. The van der Waals surface area contributed by atoms with Crippen molar-refractivity contribution >= 4 is 80.9 Å². The smallest absolute Gasteiger partial charge is 0.303 e. The number of aromatic nitrogens is 1. The van der Waals surface area contributed by atoms with Crippen molar-refractivity contribution in [2.75, 3.05) is 20.6 Å². The Hall–Kier alpha value is -8.34. The van der Waals surface area contributed by atoms with Gasteiger partial charge in [0.1, 0.15) is 35.2 Å². The van der Waals surface area contributed by atoms with E-state index >= 15 is 0 Å². The lowest BCUT2D eigenvalue weighted by Gasteiger charge is -2.34. The number of amides is 3. The molecule has 26 heteroatoms. The van der Waals surface area contributed by atoms with Crippen LogP contribution in [0.25, 0.3) is 10.9 Å². The molecule has 3 amide bonds. The van der Waals surface area contributed by atoms with E-state index in [1.54, 1.807) is 51.2 Å². The molecule has 4 aromatic rings. The molecule has 26 nitrogen and oxygen atoms in total. The molecule has 10 atom stereocenters. The first-order chi connectivity index (χ1) is 49.3. The fourth-order valence-corrected chi connectivity index (χ4v) is 11.5. The minimum atomic E-state index is -1.50. The third-order valence-corrected chi connectivity index (χ3v) is 17.8. The van der Waals surface area contributed by atoms with Crippen molar-refractivity contribution in [3.8, 4) is 5.75 Å². The van der Waals surface area contributed by atoms with Crippen molar-refractivity contribution in [3.05, 3.63) is 114 Å². The average Bonchev–Trinajstić information content (AvgIpc) is 1.74. The van der Waals surface area contributed by atoms with Gasteiger partial charge in [-0.25, -0.2) is 10.9 Å². The number of hydrazine groups is 2. The van der Waals surface area contributed by atoms with Crippen molar-refractivity contribution in [1.29, 1.82) is 0 Å². The predicted molar refractivity (Wildman–Crippen MR) is 409 cm³/mol. The van der Waals surface area contributed by atoms with Crippen LogP contribution in [0.3, 0.4) is 0 Å². The van der Waals surface area contributed by atoms with Gasteiger partial charge in [-0.2, -0.15) is 0 Å². The normalized spacial score (nSPS) is 14.7. The Balaban J connectivity index is 0.000000985. The summed E-state index contributed by atoms with van der Waals surface area (Å²) in [5.74, 6) is 5.81. The van der Waals surface area contributed by atoms with Crippen molar-refractivity contribution < 1.29 is 72.9 Å². The molecule has 1 heterocycles. The Labute approximate surface area is 621 Å². The topological polar surface area (TPSA) is 435 Å². The van der Waals surface area contributed by atoms with Gasteiger partial charge in [0.05, 0.1) is 47.9 Å². The molecule has 0 fully saturated rings. The van der Waals surface area contributed by atoms with Crippen LogP contribution >= 0.6 is 0 Å². The summed E-state index contributed by atoms with van der Waals surface area (Å²) in [6.07, 6.45) is 13.6. The van der Waals surface area contributed by atoms with E-state index in [4.69, 9.17) is 17.4 Å². The number of primary amides is 1. The molecule has 105 heavy (non-hydrogen) atoms. The molecule has 0 saturated heterocycles. The highest BCUT2D eigenvalue weighted by Crippen LogP contribution is 2.25. The third-order valence-electron chi connectivity index (χ3n) is 17.8. The summed E-state index contributed by atoms with van der Waals surface area (Å²) in [6, 6.07) is 16.4. The first kappa shape index (κ1) is 94.7. The fraction of sp³-hybridized carbons (Fsp3) is 0.570. The fourth-order valence-electron chi connectivity index (χ4n) is 11.5. The maximum atomic E-state index is 13.8. The number of nitrogens with two attached hydrogens (primary N) is 3. The van der Waals surface area contributed by atoms with E-state index in [2.05, 4.69) is 63.1 Å². The number of aliphatic hydroxyl groups excluding tert-OH is 1. The number of benzene rings is 3. The number of hydrogen-bond acceptors (Lipinski definition) is 21. The minimum Gasteiger partial charge on any atom is -0.508 e. The van der Waals surface area contributed by atoms with Gasteiger partial charge in [-0.15, -0.1) is 0 Å². The molecule has 0 unspecified atom stereocenters. The Bertz CT molecular complexity index is 3420. The largest absolute Gasteiger partial charge is 0.508 e.